The van der Waals surface area contributed by atoms with Crippen LogP contribution in [-0.2, 0) is 11.2 Å². The first kappa shape index (κ1) is 13.5. The van der Waals surface area contributed by atoms with Gasteiger partial charge in [-0.1, -0.05) is 0 Å². The number of aryl methyl sites for hydroxylation is 1. The van der Waals surface area contributed by atoms with Gasteiger partial charge in [0.1, 0.15) is 5.75 Å². The molecule has 2 aromatic rings. The van der Waals surface area contributed by atoms with Gasteiger partial charge in [0, 0.05) is 18.1 Å². The molecule has 1 aromatic carbocycles. The lowest BCUT2D eigenvalue weighted by atomic mass is 10.2. The molecule has 19 heavy (non-hydrogen) atoms. The maximum absolute atomic E-state index is 12.1. The monoisotopic (exact) mass is 276 g/mol. The van der Waals surface area contributed by atoms with Gasteiger partial charge in [-0.3, -0.25) is 4.79 Å². The summed E-state index contributed by atoms with van der Waals surface area (Å²) >= 11 is 1.56. The van der Waals surface area contributed by atoms with Gasteiger partial charge in [0.15, 0.2) is 0 Å². The summed E-state index contributed by atoms with van der Waals surface area (Å²) < 4.78 is 5.10. The SMILES string of the molecule is COc1ccc(N(C)C(=O)Cc2csc(C)n2)cc1. The van der Waals surface area contributed by atoms with Crippen LogP contribution in [0.3, 0.4) is 0 Å². The lowest BCUT2D eigenvalue weighted by Crippen LogP contribution is -2.27. The number of rotatable bonds is 4. The van der Waals surface area contributed by atoms with Crippen molar-refractivity contribution in [3.05, 3.63) is 40.3 Å². The molecular formula is C14H16N2O2S. The van der Waals surface area contributed by atoms with Crippen molar-refractivity contribution in [2.45, 2.75) is 13.3 Å². The van der Waals surface area contributed by atoms with Crippen molar-refractivity contribution in [3.63, 3.8) is 0 Å². The molecule has 0 spiro atoms. The molecule has 0 fully saturated rings. The topological polar surface area (TPSA) is 42.4 Å². The lowest BCUT2D eigenvalue weighted by Gasteiger charge is -2.17. The zero-order valence-electron chi connectivity index (χ0n) is 11.2. The van der Waals surface area contributed by atoms with E-state index in [1.807, 2.05) is 36.6 Å². The van der Waals surface area contributed by atoms with E-state index in [2.05, 4.69) is 4.98 Å². The first-order valence-corrected chi connectivity index (χ1v) is 6.79. The Balaban J connectivity index is 2.05. The first-order valence-electron chi connectivity index (χ1n) is 5.92. The highest BCUT2D eigenvalue weighted by molar-refractivity contribution is 7.09. The fourth-order valence-corrected chi connectivity index (χ4v) is 2.33. The highest BCUT2D eigenvalue weighted by Gasteiger charge is 2.13. The van der Waals surface area contributed by atoms with E-state index in [4.69, 9.17) is 4.74 Å². The van der Waals surface area contributed by atoms with Crippen LogP contribution in [-0.4, -0.2) is 25.0 Å². The number of ether oxygens (including phenoxy) is 1. The van der Waals surface area contributed by atoms with E-state index in [-0.39, 0.29) is 5.91 Å². The summed E-state index contributed by atoms with van der Waals surface area (Å²) in [5.41, 5.74) is 1.67. The molecule has 0 aliphatic heterocycles. The predicted molar refractivity (Wildman–Crippen MR) is 77.0 cm³/mol. The van der Waals surface area contributed by atoms with Crippen LogP contribution < -0.4 is 9.64 Å². The molecule has 0 saturated carbocycles. The second kappa shape index (κ2) is 5.84. The third-order valence-corrected chi connectivity index (χ3v) is 3.66. The van der Waals surface area contributed by atoms with E-state index in [0.717, 1.165) is 22.1 Å². The molecule has 0 unspecified atom stereocenters. The molecule has 0 aliphatic rings. The number of carbonyl (C=O) groups is 1. The standard InChI is InChI=1S/C14H16N2O2S/c1-10-15-11(9-19-10)8-14(17)16(2)12-4-6-13(18-3)7-5-12/h4-7,9H,8H2,1-3H3. The van der Waals surface area contributed by atoms with Crippen LogP contribution in [0.4, 0.5) is 5.69 Å². The fourth-order valence-electron chi connectivity index (χ4n) is 1.71. The molecule has 0 atom stereocenters. The summed E-state index contributed by atoms with van der Waals surface area (Å²) in [6, 6.07) is 7.41. The number of thiazole rings is 1. The molecule has 2 rings (SSSR count). The number of hydrogen-bond acceptors (Lipinski definition) is 4. The number of anilines is 1. The number of nitrogens with zero attached hydrogens (tertiary/aromatic N) is 2. The molecule has 0 bridgehead atoms. The van der Waals surface area contributed by atoms with Crippen LogP contribution >= 0.6 is 11.3 Å². The van der Waals surface area contributed by atoms with Gasteiger partial charge in [-0.15, -0.1) is 11.3 Å². The van der Waals surface area contributed by atoms with Crippen molar-refractivity contribution in [3.8, 4) is 5.75 Å². The van der Waals surface area contributed by atoms with Crippen molar-refractivity contribution in [2.75, 3.05) is 19.1 Å². The van der Waals surface area contributed by atoms with E-state index in [1.165, 1.54) is 0 Å². The Morgan fingerprint density at radius 1 is 1.37 bits per heavy atom. The molecule has 0 aliphatic carbocycles. The molecular weight excluding hydrogens is 260 g/mol. The Kier molecular flexibility index (Phi) is 4.16. The van der Waals surface area contributed by atoms with E-state index >= 15 is 0 Å². The number of carbonyl (C=O) groups excluding carboxylic acids is 1. The highest BCUT2D eigenvalue weighted by Crippen LogP contribution is 2.19. The van der Waals surface area contributed by atoms with Gasteiger partial charge in [-0.25, -0.2) is 4.98 Å². The Morgan fingerprint density at radius 2 is 2.05 bits per heavy atom. The van der Waals surface area contributed by atoms with Crippen molar-refractivity contribution >= 4 is 22.9 Å². The van der Waals surface area contributed by atoms with Crippen LogP contribution in [0.1, 0.15) is 10.7 Å². The molecule has 4 nitrogen and oxygen atoms in total. The van der Waals surface area contributed by atoms with E-state index < -0.39 is 0 Å². The van der Waals surface area contributed by atoms with Gasteiger partial charge in [-0.2, -0.15) is 0 Å². The van der Waals surface area contributed by atoms with Crippen LogP contribution in [0, 0.1) is 6.92 Å². The molecule has 100 valence electrons. The molecule has 1 heterocycles. The van der Waals surface area contributed by atoms with Crippen LogP contribution in [0.15, 0.2) is 29.6 Å². The second-order valence-electron chi connectivity index (χ2n) is 4.19. The maximum atomic E-state index is 12.1. The predicted octanol–water partition coefficient (Wildman–Crippen LogP) is 2.67. The van der Waals surface area contributed by atoms with Gasteiger partial charge < -0.3 is 9.64 Å². The molecule has 5 heteroatoms. The Bertz CT molecular complexity index is 563. The number of likely N-dealkylation sites (N-methyl/N-ethyl adjacent to an activating group) is 1. The number of hydrogen-bond donors (Lipinski definition) is 0. The first-order chi connectivity index (χ1) is 9.10. The highest BCUT2D eigenvalue weighted by atomic mass is 32.1. The summed E-state index contributed by atoms with van der Waals surface area (Å²) in [4.78, 5) is 18.1. The summed E-state index contributed by atoms with van der Waals surface area (Å²) in [5.74, 6) is 0.801. The van der Waals surface area contributed by atoms with Crippen LogP contribution in [0.5, 0.6) is 5.75 Å². The molecule has 1 amide bonds. The van der Waals surface area contributed by atoms with Gasteiger partial charge in [0.05, 0.1) is 24.2 Å². The number of methoxy groups -OCH3 is 1. The van der Waals surface area contributed by atoms with Gasteiger partial charge >= 0.3 is 0 Å². The average Bonchev–Trinajstić information content (AvgIpc) is 2.83. The molecule has 0 radical (unpaired) electrons. The third kappa shape index (κ3) is 3.32. The van der Waals surface area contributed by atoms with Crippen molar-refractivity contribution in [1.29, 1.82) is 0 Å². The van der Waals surface area contributed by atoms with Crippen molar-refractivity contribution < 1.29 is 9.53 Å². The summed E-state index contributed by atoms with van der Waals surface area (Å²) in [5, 5.41) is 2.91. The second-order valence-corrected chi connectivity index (χ2v) is 5.25. The van der Waals surface area contributed by atoms with E-state index in [1.54, 1.807) is 30.4 Å². The number of benzene rings is 1. The molecule has 0 saturated heterocycles. The number of aromatic nitrogens is 1. The minimum atomic E-state index is 0.0236. The number of amides is 1. The van der Waals surface area contributed by atoms with Gasteiger partial charge in [-0.05, 0) is 31.2 Å². The summed E-state index contributed by atoms with van der Waals surface area (Å²) in [6.45, 7) is 1.94. The smallest absolute Gasteiger partial charge is 0.232 e. The Morgan fingerprint density at radius 3 is 2.58 bits per heavy atom. The van der Waals surface area contributed by atoms with E-state index in [9.17, 15) is 4.79 Å². The zero-order chi connectivity index (χ0) is 13.8. The zero-order valence-corrected chi connectivity index (χ0v) is 12.0. The van der Waals surface area contributed by atoms with Gasteiger partial charge in [0.25, 0.3) is 0 Å². The van der Waals surface area contributed by atoms with Gasteiger partial charge in [0.2, 0.25) is 5.91 Å². The quantitative estimate of drug-likeness (QED) is 0.862. The minimum absolute atomic E-state index is 0.0236. The summed E-state index contributed by atoms with van der Waals surface area (Å²) in [6.07, 6.45) is 0.326. The van der Waals surface area contributed by atoms with E-state index in [0.29, 0.717) is 6.42 Å². The average molecular weight is 276 g/mol. The van der Waals surface area contributed by atoms with Crippen LogP contribution in [0.25, 0.3) is 0 Å². The Labute approximate surface area is 116 Å². The Hall–Kier alpha value is -1.88. The normalized spacial score (nSPS) is 10.3. The third-order valence-electron chi connectivity index (χ3n) is 2.83. The van der Waals surface area contributed by atoms with Crippen LogP contribution in [0.2, 0.25) is 0 Å². The molecule has 0 N–H and O–H groups in total. The maximum Gasteiger partial charge on any atom is 0.232 e. The molecule has 1 aromatic heterocycles. The lowest BCUT2D eigenvalue weighted by molar-refractivity contribution is -0.117. The summed E-state index contributed by atoms with van der Waals surface area (Å²) in [7, 11) is 3.39. The fraction of sp³-hybridized carbons (Fsp3) is 0.286. The van der Waals surface area contributed by atoms with Crippen molar-refractivity contribution in [2.24, 2.45) is 0 Å². The van der Waals surface area contributed by atoms with Crippen molar-refractivity contribution in [1.82, 2.24) is 4.98 Å². The minimum Gasteiger partial charge on any atom is -0.497 e. The largest absolute Gasteiger partial charge is 0.497 e.